The van der Waals surface area contributed by atoms with E-state index in [1.54, 1.807) is 13.8 Å². The van der Waals surface area contributed by atoms with Crippen molar-refractivity contribution in [3.63, 3.8) is 0 Å². The second-order valence-electron chi connectivity index (χ2n) is 4.75. The van der Waals surface area contributed by atoms with Crippen LogP contribution in [0.1, 0.15) is 40.0 Å². The monoisotopic (exact) mass is 172 g/mol. The van der Waals surface area contributed by atoms with Crippen LogP contribution in [0.5, 0.6) is 0 Å². The number of aliphatic hydroxyl groups is 2. The molecule has 2 heteroatoms. The standard InChI is InChI=1S/C10H20O2/c1-7-4-5-8(9(11)6-7)10(2,3)12/h7-9,11-12H,4-6H2,1-3H3/t7-,8?,9+/m1/s1. The van der Waals surface area contributed by atoms with Gasteiger partial charge in [0.05, 0.1) is 11.7 Å². The van der Waals surface area contributed by atoms with E-state index >= 15 is 0 Å². The molecular weight excluding hydrogens is 152 g/mol. The minimum Gasteiger partial charge on any atom is -0.393 e. The normalized spacial score (nSPS) is 38.2. The lowest BCUT2D eigenvalue weighted by atomic mass is 9.73. The van der Waals surface area contributed by atoms with Crippen molar-refractivity contribution in [3.8, 4) is 0 Å². The van der Waals surface area contributed by atoms with Gasteiger partial charge in [0.1, 0.15) is 0 Å². The highest BCUT2D eigenvalue weighted by Crippen LogP contribution is 2.35. The van der Waals surface area contributed by atoms with Gasteiger partial charge in [-0.1, -0.05) is 13.3 Å². The van der Waals surface area contributed by atoms with Crippen LogP contribution in [-0.2, 0) is 0 Å². The molecule has 0 aliphatic heterocycles. The van der Waals surface area contributed by atoms with Crippen molar-refractivity contribution in [1.29, 1.82) is 0 Å². The van der Waals surface area contributed by atoms with Gasteiger partial charge in [-0.15, -0.1) is 0 Å². The highest BCUT2D eigenvalue weighted by Gasteiger charge is 2.36. The molecule has 1 fully saturated rings. The Hall–Kier alpha value is -0.0800. The van der Waals surface area contributed by atoms with Gasteiger partial charge < -0.3 is 10.2 Å². The van der Waals surface area contributed by atoms with Gasteiger partial charge in [0.2, 0.25) is 0 Å². The Labute approximate surface area is 74.6 Å². The van der Waals surface area contributed by atoms with Crippen molar-refractivity contribution >= 4 is 0 Å². The van der Waals surface area contributed by atoms with Crippen molar-refractivity contribution in [2.45, 2.75) is 51.7 Å². The largest absolute Gasteiger partial charge is 0.393 e. The molecule has 1 saturated carbocycles. The molecule has 0 heterocycles. The lowest BCUT2D eigenvalue weighted by Gasteiger charge is -2.38. The Kier molecular flexibility index (Phi) is 2.79. The van der Waals surface area contributed by atoms with E-state index in [-0.39, 0.29) is 12.0 Å². The van der Waals surface area contributed by atoms with Crippen molar-refractivity contribution < 1.29 is 10.2 Å². The molecule has 1 aliphatic carbocycles. The summed E-state index contributed by atoms with van der Waals surface area (Å²) in [5, 5.41) is 19.5. The third-order valence-electron chi connectivity index (χ3n) is 2.99. The fraction of sp³-hybridized carbons (Fsp3) is 1.00. The van der Waals surface area contributed by atoms with Crippen molar-refractivity contribution in [2.75, 3.05) is 0 Å². The lowest BCUT2D eigenvalue weighted by Crippen LogP contribution is -2.42. The molecule has 72 valence electrons. The number of hydrogen-bond donors (Lipinski definition) is 2. The quantitative estimate of drug-likeness (QED) is 0.630. The highest BCUT2D eigenvalue weighted by molar-refractivity contribution is 4.87. The molecule has 0 aromatic carbocycles. The van der Waals surface area contributed by atoms with Crippen LogP contribution in [-0.4, -0.2) is 21.9 Å². The van der Waals surface area contributed by atoms with Gasteiger partial charge >= 0.3 is 0 Å². The summed E-state index contributed by atoms with van der Waals surface area (Å²) in [5.74, 6) is 0.673. The van der Waals surface area contributed by atoms with E-state index < -0.39 is 5.60 Å². The Balaban J connectivity index is 2.57. The maximum atomic E-state index is 9.74. The van der Waals surface area contributed by atoms with Crippen LogP contribution < -0.4 is 0 Å². The second kappa shape index (κ2) is 3.35. The zero-order valence-corrected chi connectivity index (χ0v) is 8.25. The zero-order chi connectivity index (χ0) is 9.35. The fourth-order valence-corrected chi connectivity index (χ4v) is 2.17. The molecule has 0 aromatic rings. The Morgan fingerprint density at radius 3 is 2.25 bits per heavy atom. The summed E-state index contributed by atoms with van der Waals surface area (Å²) < 4.78 is 0. The van der Waals surface area contributed by atoms with Crippen LogP contribution in [0, 0.1) is 11.8 Å². The molecular formula is C10H20O2. The predicted octanol–water partition coefficient (Wildman–Crippen LogP) is 1.55. The summed E-state index contributed by atoms with van der Waals surface area (Å²) in [5.41, 5.74) is -0.723. The van der Waals surface area contributed by atoms with Crippen LogP contribution >= 0.6 is 0 Å². The van der Waals surface area contributed by atoms with Crippen molar-refractivity contribution in [3.05, 3.63) is 0 Å². The van der Waals surface area contributed by atoms with Crippen LogP contribution in [0.25, 0.3) is 0 Å². The third-order valence-corrected chi connectivity index (χ3v) is 2.99. The smallest absolute Gasteiger partial charge is 0.0644 e. The molecule has 2 nitrogen and oxygen atoms in total. The van der Waals surface area contributed by atoms with Crippen molar-refractivity contribution in [2.24, 2.45) is 11.8 Å². The first kappa shape index (κ1) is 10.0. The minimum absolute atomic E-state index is 0.0636. The fourth-order valence-electron chi connectivity index (χ4n) is 2.17. The van der Waals surface area contributed by atoms with Gasteiger partial charge in [-0.3, -0.25) is 0 Å². The zero-order valence-electron chi connectivity index (χ0n) is 8.25. The van der Waals surface area contributed by atoms with Crippen LogP contribution in [0.2, 0.25) is 0 Å². The molecule has 3 atom stereocenters. The summed E-state index contributed by atoms with van der Waals surface area (Å²) in [6.45, 7) is 5.73. The third kappa shape index (κ3) is 2.20. The van der Waals surface area contributed by atoms with E-state index in [4.69, 9.17) is 0 Å². The molecule has 0 spiro atoms. The number of rotatable bonds is 1. The number of hydrogen-bond acceptors (Lipinski definition) is 2. The molecule has 0 radical (unpaired) electrons. The first-order valence-corrected chi connectivity index (χ1v) is 4.81. The average Bonchev–Trinajstić information content (AvgIpc) is 1.83. The molecule has 1 aliphatic rings. The lowest BCUT2D eigenvalue weighted by molar-refractivity contribution is -0.0730. The molecule has 1 rings (SSSR count). The number of aliphatic hydroxyl groups excluding tert-OH is 1. The average molecular weight is 172 g/mol. The van der Waals surface area contributed by atoms with Crippen molar-refractivity contribution in [1.82, 2.24) is 0 Å². The second-order valence-corrected chi connectivity index (χ2v) is 4.75. The van der Waals surface area contributed by atoms with E-state index in [1.165, 1.54) is 0 Å². The van der Waals surface area contributed by atoms with Crippen LogP contribution in [0.4, 0.5) is 0 Å². The Bertz CT molecular complexity index is 148. The molecule has 12 heavy (non-hydrogen) atoms. The van der Waals surface area contributed by atoms with Gasteiger partial charge in [-0.2, -0.15) is 0 Å². The van der Waals surface area contributed by atoms with Gasteiger partial charge in [0.15, 0.2) is 0 Å². The molecule has 0 aromatic heterocycles. The maximum Gasteiger partial charge on any atom is 0.0644 e. The van der Waals surface area contributed by atoms with Gasteiger partial charge in [0, 0.05) is 5.92 Å². The summed E-state index contributed by atoms with van der Waals surface area (Å²) in [6.07, 6.45) is 2.61. The summed E-state index contributed by atoms with van der Waals surface area (Å²) >= 11 is 0. The molecule has 1 unspecified atom stereocenters. The van der Waals surface area contributed by atoms with E-state index in [0.29, 0.717) is 5.92 Å². The first-order valence-electron chi connectivity index (χ1n) is 4.81. The first-order chi connectivity index (χ1) is 5.41. The van der Waals surface area contributed by atoms with E-state index in [1.807, 2.05) is 0 Å². The van der Waals surface area contributed by atoms with E-state index in [2.05, 4.69) is 6.92 Å². The van der Waals surface area contributed by atoms with Gasteiger partial charge in [-0.05, 0) is 32.6 Å². The molecule has 0 bridgehead atoms. The molecule has 2 N–H and O–H groups in total. The molecule has 0 saturated heterocycles. The highest BCUT2D eigenvalue weighted by atomic mass is 16.3. The SMILES string of the molecule is C[C@@H]1CCC(C(C)(C)O)[C@@H](O)C1. The Morgan fingerprint density at radius 2 is 1.83 bits per heavy atom. The van der Waals surface area contributed by atoms with Gasteiger partial charge in [0.25, 0.3) is 0 Å². The van der Waals surface area contributed by atoms with E-state index in [9.17, 15) is 10.2 Å². The Morgan fingerprint density at radius 1 is 1.25 bits per heavy atom. The van der Waals surface area contributed by atoms with Crippen LogP contribution in [0.15, 0.2) is 0 Å². The molecule has 0 amide bonds. The summed E-state index contributed by atoms with van der Waals surface area (Å²) in [4.78, 5) is 0. The van der Waals surface area contributed by atoms with Crippen LogP contribution in [0.3, 0.4) is 0 Å². The predicted molar refractivity (Wildman–Crippen MR) is 48.8 cm³/mol. The minimum atomic E-state index is -0.723. The van der Waals surface area contributed by atoms with E-state index in [0.717, 1.165) is 19.3 Å². The maximum absolute atomic E-state index is 9.74. The topological polar surface area (TPSA) is 40.5 Å². The van der Waals surface area contributed by atoms with Gasteiger partial charge in [-0.25, -0.2) is 0 Å². The summed E-state index contributed by atoms with van der Waals surface area (Å²) in [6, 6.07) is 0. The summed E-state index contributed by atoms with van der Waals surface area (Å²) in [7, 11) is 0.